The van der Waals surface area contributed by atoms with Crippen LogP contribution in [0.4, 0.5) is 5.95 Å². The van der Waals surface area contributed by atoms with Crippen molar-refractivity contribution in [1.29, 1.82) is 0 Å². The third-order valence-electron chi connectivity index (χ3n) is 0.859. The van der Waals surface area contributed by atoms with Gasteiger partial charge in [-0.3, -0.25) is 0 Å². The van der Waals surface area contributed by atoms with E-state index in [2.05, 4.69) is 26.6 Å². The van der Waals surface area contributed by atoms with Crippen molar-refractivity contribution >= 4 is 5.95 Å². The van der Waals surface area contributed by atoms with Gasteiger partial charge >= 0.3 is 0 Å². The maximum absolute atomic E-state index is 3.93. The Morgan fingerprint density at radius 1 is 1.44 bits per heavy atom. The van der Waals surface area contributed by atoms with Crippen LogP contribution >= 0.6 is 0 Å². The van der Waals surface area contributed by atoms with Crippen molar-refractivity contribution in [2.45, 2.75) is 6.92 Å². The molecule has 9 heavy (non-hydrogen) atoms. The summed E-state index contributed by atoms with van der Waals surface area (Å²) in [5.74, 6) is 1.23. The quantitative estimate of drug-likeness (QED) is 0.572. The molecule has 1 heterocycles. The molecular weight excluding hydrogens is 116 g/mol. The summed E-state index contributed by atoms with van der Waals surface area (Å²) >= 11 is 0. The van der Waals surface area contributed by atoms with Gasteiger partial charge in [0.1, 0.15) is 5.82 Å². The Hall–Kier alpha value is -1.19. The predicted octanol–water partition coefficient (Wildman–Crippen LogP) is 0.0219. The summed E-state index contributed by atoms with van der Waals surface area (Å²) in [6, 6.07) is 0. The van der Waals surface area contributed by atoms with E-state index in [1.807, 2.05) is 0 Å². The molecule has 1 aromatic rings. The van der Waals surface area contributed by atoms with Crippen LogP contribution in [0, 0.1) is 13.3 Å². The van der Waals surface area contributed by atoms with Crippen LogP contribution in [0.2, 0.25) is 0 Å². The number of rotatable bonds is 1. The molecule has 0 aliphatic rings. The lowest BCUT2D eigenvalue weighted by molar-refractivity contribution is 0.967. The van der Waals surface area contributed by atoms with E-state index in [1.165, 1.54) is 0 Å². The highest BCUT2D eigenvalue weighted by Crippen LogP contribution is 1.91. The third-order valence-corrected chi connectivity index (χ3v) is 0.859. The highest BCUT2D eigenvalue weighted by molar-refractivity contribution is 5.19. The van der Waals surface area contributed by atoms with Gasteiger partial charge in [0.2, 0.25) is 12.3 Å². The smallest absolute Gasteiger partial charge is 0.226 e. The fourth-order valence-electron chi connectivity index (χ4n) is 0.460. The molecule has 0 saturated carbocycles. The van der Waals surface area contributed by atoms with Crippen LogP contribution in [0.5, 0.6) is 0 Å². The van der Waals surface area contributed by atoms with E-state index >= 15 is 0 Å². The standard InChI is InChI=1S/C5H7N4/c1-4-7-3-8-5(6-2)9-4/h1-2H3,(H,6,7,8,9). The van der Waals surface area contributed by atoms with Crippen LogP contribution < -0.4 is 5.32 Å². The molecule has 0 saturated heterocycles. The van der Waals surface area contributed by atoms with Gasteiger partial charge < -0.3 is 5.32 Å². The molecule has 47 valence electrons. The Balaban J connectivity index is 2.94. The monoisotopic (exact) mass is 123 g/mol. The zero-order valence-electron chi connectivity index (χ0n) is 5.34. The predicted molar refractivity (Wildman–Crippen MR) is 32.9 cm³/mol. The second kappa shape index (κ2) is 2.39. The van der Waals surface area contributed by atoms with Crippen LogP contribution in [0.3, 0.4) is 0 Å². The van der Waals surface area contributed by atoms with Crippen molar-refractivity contribution in [3.8, 4) is 0 Å². The lowest BCUT2D eigenvalue weighted by atomic mass is 10.7. The second-order valence-electron chi connectivity index (χ2n) is 1.56. The van der Waals surface area contributed by atoms with E-state index in [0.29, 0.717) is 11.8 Å². The highest BCUT2D eigenvalue weighted by Gasteiger charge is 1.90. The van der Waals surface area contributed by atoms with Crippen LogP contribution in [-0.4, -0.2) is 22.0 Å². The van der Waals surface area contributed by atoms with E-state index < -0.39 is 0 Å². The number of hydrogen-bond donors (Lipinski definition) is 1. The normalized spacial score (nSPS) is 9.11. The van der Waals surface area contributed by atoms with E-state index in [0.717, 1.165) is 0 Å². The van der Waals surface area contributed by atoms with E-state index in [1.54, 1.807) is 14.0 Å². The fourth-order valence-corrected chi connectivity index (χ4v) is 0.460. The maximum Gasteiger partial charge on any atom is 0.226 e. The van der Waals surface area contributed by atoms with Gasteiger partial charge in [0.15, 0.2) is 0 Å². The Morgan fingerprint density at radius 2 is 2.22 bits per heavy atom. The molecule has 0 amide bonds. The number of aryl methyl sites for hydroxylation is 1. The molecule has 4 nitrogen and oxygen atoms in total. The highest BCUT2D eigenvalue weighted by atomic mass is 15.1. The summed E-state index contributed by atoms with van der Waals surface area (Å²) in [5.41, 5.74) is 0. The van der Waals surface area contributed by atoms with Gasteiger partial charge in [-0.05, 0) is 6.92 Å². The number of nitrogens with one attached hydrogen (secondary N) is 1. The number of hydrogen-bond acceptors (Lipinski definition) is 4. The minimum Gasteiger partial charge on any atom is -0.357 e. The summed E-state index contributed by atoms with van der Waals surface area (Å²) < 4.78 is 0. The van der Waals surface area contributed by atoms with Crippen molar-refractivity contribution in [2.75, 3.05) is 12.4 Å². The first-order valence-electron chi connectivity index (χ1n) is 2.59. The molecular formula is C5H7N4. The molecule has 0 aromatic carbocycles. The molecule has 1 radical (unpaired) electrons. The Labute approximate surface area is 53.4 Å². The molecule has 1 N–H and O–H groups in total. The lowest BCUT2D eigenvalue weighted by Crippen LogP contribution is -1.98. The van der Waals surface area contributed by atoms with Crippen molar-refractivity contribution in [3.63, 3.8) is 0 Å². The molecule has 0 fully saturated rings. The fraction of sp³-hybridized carbons (Fsp3) is 0.400. The van der Waals surface area contributed by atoms with Gasteiger partial charge in [0.25, 0.3) is 0 Å². The molecule has 1 aromatic heterocycles. The van der Waals surface area contributed by atoms with Crippen molar-refractivity contribution < 1.29 is 0 Å². The SMILES string of the molecule is CNc1n[c]nc(C)n1. The Morgan fingerprint density at radius 3 is 2.67 bits per heavy atom. The van der Waals surface area contributed by atoms with Crippen LogP contribution in [0.15, 0.2) is 0 Å². The second-order valence-corrected chi connectivity index (χ2v) is 1.56. The van der Waals surface area contributed by atoms with E-state index in [9.17, 15) is 0 Å². The van der Waals surface area contributed by atoms with Gasteiger partial charge in [0.05, 0.1) is 0 Å². The zero-order chi connectivity index (χ0) is 6.69. The van der Waals surface area contributed by atoms with Crippen LogP contribution in [0.1, 0.15) is 5.82 Å². The summed E-state index contributed by atoms with van der Waals surface area (Å²) in [6.45, 7) is 1.79. The van der Waals surface area contributed by atoms with Gasteiger partial charge in [-0.25, -0.2) is 4.98 Å². The summed E-state index contributed by atoms with van der Waals surface area (Å²) in [7, 11) is 1.75. The minimum atomic E-state index is 0.558. The topological polar surface area (TPSA) is 50.7 Å². The van der Waals surface area contributed by atoms with Crippen molar-refractivity contribution in [2.24, 2.45) is 0 Å². The molecule has 4 heteroatoms. The molecule has 0 bridgehead atoms. The van der Waals surface area contributed by atoms with Gasteiger partial charge in [-0.15, -0.1) is 0 Å². The van der Waals surface area contributed by atoms with Crippen molar-refractivity contribution in [1.82, 2.24) is 15.0 Å². The number of nitrogens with zero attached hydrogens (tertiary/aromatic N) is 3. The molecule has 0 aliphatic heterocycles. The first kappa shape index (κ1) is 5.94. The average molecular weight is 123 g/mol. The number of anilines is 1. The van der Waals surface area contributed by atoms with Gasteiger partial charge in [0, 0.05) is 7.05 Å². The Kier molecular flexibility index (Phi) is 1.58. The summed E-state index contributed by atoms with van der Waals surface area (Å²) in [6.07, 6.45) is 2.46. The Bertz CT molecular complexity index is 198. The van der Waals surface area contributed by atoms with Crippen LogP contribution in [-0.2, 0) is 0 Å². The number of aromatic nitrogens is 3. The van der Waals surface area contributed by atoms with Gasteiger partial charge in [-0.1, -0.05) is 0 Å². The summed E-state index contributed by atoms with van der Waals surface area (Å²) in [5, 5.41) is 2.77. The largest absolute Gasteiger partial charge is 0.357 e. The first-order valence-corrected chi connectivity index (χ1v) is 2.59. The van der Waals surface area contributed by atoms with E-state index in [4.69, 9.17) is 0 Å². The van der Waals surface area contributed by atoms with Gasteiger partial charge in [-0.2, -0.15) is 9.97 Å². The molecule has 1 rings (SSSR count). The first-order chi connectivity index (χ1) is 4.33. The average Bonchev–Trinajstić information content (AvgIpc) is 1.88. The lowest BCUT2D eigenvalue weighted by Gasteiger charge is -1.94. The van der Waals surface area contributed by atoms with Crippen LogP contribution in [0.25, 0.3) is 0 Å². The molecule has 0 aliphatic carbocycles. The minimum absolute atomic E-state index is 0.558. The van der Waals surface area contributed by atoms with E-state index in [-0.39, 0.29) is 0 Å². The molecule has 0 atom stereocenters. The maximum atomic E-state index is 3.93. The van der Waals surface area contributed by atoms with Crippen molar-refractivity contribution in [3.05, 3.63) is 12.2 Å². The zero-order valence-corrected chi connectivity index (χ0v) is 5.34. The molecule has 0 spiro atoms. The third kappa shape index (κ3) is 1.35. The summed E-state index contributed by atoms with van der Waals surface area (Å²) in [4.78, 5) is 11.3. The molecule has 0 unspecified atom stereocenters.